The second kappa shape index (κ2) is 9.28. The maximum absolute atomic E-state index is 4.58. The first-order chi connectivity index (χ1) is 10.8. The number of aromatic nitrogens is 1. The van der Waals surface area contributed by atoms with E-state index in [-0.39, 0.29) is 0 Å². The summed E-state index contributed by atoms with van der Waals surface area (Å²) in [5.41, 5.74) is 1.18. The molecule has 5 nitrogen and oxygen atoms in total. The maximum Gasteiger partial charge on any atom is 0.191 e. The normalized spacial score (nSPS) is 15.2. The lowest BCUT2D eigenvalue weighted by atomic mass is 10.2. The zero-order valence-electron chi connectivity index (χ0n) is 13.9. The van der Waals surface area contributed by atoms with Crippen LogP contribution in [0.4, 0.5) is 5.82 Å². The first-order valence-corrected chi connectivity index (χ1v) is 8.48. The lowest BCUT2D eigenvalue weighted by molar-refractivity contribution is 0.682. The number of guanidine groups is 1. The Morgan fingerprint density at radius 1 is 1.23 bits per heavy atom. The summed E-state index contributed by atoms with van der Waals surface area (Å²) < 4.78 is 0. The Kier molecular flexibility index (Phi) is 7.00. The van der Waals surface area contributed by atoms with Crippen molar-refractivity contribution in [2.24, 2.45) is 4.99 Å². The Balaban J connectivity index is 1.75. The van der Waals surface area contributed by atoms with Gasteiger partial charge in [0.1, 0.15) is 5.82 Å². The fourth-order valence-corrected chi connectivity index (χ4v) is 2.64. The Morgan fingerprint density at radius 3 is 2.68 bits per heavy atom. The summed E-state index contributed by atoms with van der Waals surface area (Å²) in [4.78, 5) is 11.2. The van der Waals surface area contributed by atoms with Gasteiger partial charge < -0.3 is 15.5 Å². The number of hydrogen-bond donors (Lipinski definition) is 2. The molecule has 0 aromatic carbocycles. The zero-order valence-corrected chi connectivity index (χ0v) is 13.9. The first kappa shape index (κ1) is 16.6. The number of aliphatic imine (C=N–C) groups is 1. The predicted molar refractivity (Wildman–Crippen MR) is 93.4 cm³/mol. The average Bonchev–Trinajstić information content (AvgIpc) is 3.09. The van der Waals surface area contributed by atoms with E-state index in [1.165, 1.54) is 37.7 Å². The molecule has 0 radical (unpaired) electrons. The summed E-state index contributed by atoms with van der Waals surface area (Å²) in [6.45, 7) is 6.21. The molecule has 0 aliphatic carbocycles. The van der Waals surface area contributed by atoms with Crippen molar-refractivity contribution >= 4 is 11.8 Å². The number of anilines is 1. The molecule has 0 atom stereocenters. The van der Waals surface area contributed by atoms with Gasteiger partial charge in [0.05, 0.1) is 0 Å². The molecule has 0 spiro atoms. The fourth-order valence-electron chi connectivity index (χ4n) is 2.64. The molecule has 2 heterocycles. The van der Waals surface area contributed by atoms with Gasteiger partial charge >= 0.3 is 0 Å². The topological polar surface area (TPSA) is 52.6 Å². The van der Waals surface area contributed by atoms with Crippen LogP contribution >= 0.6 is 0 Å². The molecule has 122 valence electrons. The third kappa shape index (κ3) is 5.20. The van der Waals surface area contributed by atoms with Crippen LogP contribution in [0, 0.1) is 0 Å². The van der Waals surface area contributed by atoms with Crippen molar-refractivity contribution in [3.05, 3.63) is 23.9 Å². The molecule has 1 saturated heterocycles. The van der Waals surface area contributed by atoms with E-state index in [9.17, 15) is 0 Å². The van der Waals surface area contributed by atoms with Crippen molar-refractivity contribution in [2.45, 2.75) is 45.6 Å². The Morgan fingerprint density at radius 2 is 2.05 bits per heavy atom. The molecular weight excluding hydrogens is 274 g/mol. The van der Waals surface area contributed by atoms with Gasteiger partial charge in [0.25, 0.3) is 0 Å². The standard InChI is InChI=1S/C17H29N5/c1-3-4-5-10-19-17(18-2)21-14-15-8-9-16(20-13-15)22-11-6-7-12-22/h8-9,13H,3-7,10-12,14H2,1-2H3,(H2,18,19,21). The van der Waals surface area contributed by atoms with Gasteiger partial charge in [-0.3, -0.25) is 4.99 Å². The summed E-state index contributed by atoms with van der Waals surface area (Å²) in [7, 11) is 1.81. The molecule has 2 rings (SSSR count). The van der Waals surface area contributed by atoms with Gasteiger partial charge in [-0.25, -0.2) is 4.98 Å². The zero-order chi connectivity index (χ0) is 15.6. The number of unbranched alkanes of at least 4 members (excludes halogenated alkanes) is 2. The van der Waals surface area contributed by atoms with E-state index in [1.807, 2.05) is 13.2 Å². The highest BCUT2D eigenvalue weighted by Gasteiger charge is 2.12. The van der Waals surface area contributed by atoms with Gasteiger partial charge in [0.2, 0.25) is 0 Å². The minimum absolute atomic E-state index is 0.751. The second-order valence-electron chi connectivity index (χ2n) is 5.78. The minimum atomic E-state index is 0.751. The third-order valence-corrected chi connectivity index (χ3v) is 4.00. The van der Waals surface area contributed by atoms with E-state index in [0.29, 0.717) is 0 Å². The quantitative estimate of drug-likeness (QED) is 0.462. The first-order valence-electron chi connectivity index (χ1n) is 8.48. The lowest BCUT2D eigenvalue weighted by Crippen LogP contribution is -2.37. The molecule has 1 aromatic rings. The molecule has 0 bridgehead atoms. The number of pyridine rings is 1. The van der Waals surface area contributed by atoms with Gasteiger partial charge in [-0.15, -0.1) is 0 Å². The van der Waals surface area contributed by atoms with Gasteiger partial charge in [-0.05, 0) is 30.9 Å². The second-order valence-corrected chi connectivity index (χ2v) is 5.78. The van der Waals surface area contributed by atoms with Crippen molar-refractivity contribution in [3.8, 4) is 0 Å². The summed E-state index contributed by atoms with van der Waals surface area (Å²) in [6.07, 6.45) is 8.21. The highest BCUT2D eigenvalue weighted by atomic mass is 15.2. The van der Waals surface area contributed by atoms with Crippen molar-refractivity contribution in [3.63, 3.8) is 0 Å². The molecule has 0 unspecified atom stereocenters. The monoisotopic (exact) mass is 303 g/mol. The molecule has 22 heavy (non-hydrogen) atoms. The van der Waals surface area contributed by atoms with Crippen LogP contribution in [-0.4, -0.2) is 37.6 Å². The van der Waals surface area contributed by atoms with Crippen molar-refractivity contribution < 1.29 is 0 Å². The van der Waals surface area contributed by atoms with Crippen LogP contribution in [0.15, 0.2) is 23.3 Å². The minimum Gasteiger partial charge on any atom is -0.357 e. The number of nitrogens with zero attached hydrogens (tertiary/aromatic N) is 3. The fraction of sp³-hybridized carbons (Fsp3) is 0.647. The molecule has 1 aromatic heterocycles. The van der Waals surface area contributed by atoms with Gasteiger partial charge in [0, 0.05) is 39.4 Å². The molecule has 1 aliphatic rings. The average molecular weight is 303 g/mol. The molecule has 0 amide bonds. The molecule has 1 fully saturated rings. The molecule has 1 aliphatic heterocycles. The van der Waals surface area contributed by atoms with E-state index >= 15 is 0 Å². The maximum atomic E-state index is 4.58. The SMILES string of the molecule is CCCCCNC(=NC)NCc1ccc(N2CCCC2)nc1. The predicted octanol–water partition coefficient (Wildman–Crippen LogP) is 2.54. The van der Waals surface area contributed by atoms with Crippen molar-refractivity contribution in [2.75, 3.05) is 31.6 Å². The van der Waals surface area contributed by atoms with Crippen molar-refractivity contribution in [1.29, 1.82) is 0 Å². The summed E-state index contributed by atoms with van der Waals surface area (Å²) in [6, 6.07) is 4.28. The summed E-state index contributed by atoms with van der Waals surface area (Å²) in [5, 5.41) is 6.68. The van der Waals surface area contributed by atoms with E-state index in [1.54, 1.807) is 0 Å². The Hall–Kier alpha value is -1.78. The molecular formula is C17H29N5. The van der Waals surface area contributed by atoms with Crippen LogP contribution in [0.5, 0.6) is 0 Å². The van der Waals surface area contributed by atoms with Crippen LogP contribution in [-0.2, 0) is 6.54 Å². The largest absolute Gasteiger partial charge is 0.357 e. The van der Waals surface area contributed by atoms with Crippen molar-refractivity contribution in [1.82, 2.24) is 15.6 Å². The Labute approximate surface area is 134 Å². The van der Waals surface area contributed by atoms with Crippen LogP contribution in [0.3, 0.4) is 0 Å². The molecule has 0 saturated carbocycles. The Bertz CT molecular complexity index is 449. The summed E-state index contributed by atoms with van der Waals surface area (Å²) >= 11 is 0. The number of hydrogen-bond acceptors (Lipinski definition) is 3. The van der Waals surface area contributed by atoms with E-state index in [2.05, 4.69) is 44.6 Å². The lowest BCUT2D eigenvalue weighted by Gasteiger charge is -2.16. The van der Waals surface area contributed by atoms with Gasteiger partial charge in [-0.1, -0.05) is 25.8 Å². The smallest absolute Gasteiger partial charge is 0.191 e. The van der Waals surface area contributed by atoms with E-state index in [0.717, 1.165) is 38.0 Å². The van der Waals surface area contributed by atoms with E-state index in [4.69, 9.17) is 0 Å². The highest BCUT2D eigenvalue weighted by molar-refractivity contribution is 5.79. The van der Waals surface area contributed by atoms with Crippen LogP contribution < -0.4 is 15.5 Å². The number of nitrogens with one attached hydrogen (secondary N) is 2. The van der Waals surface area contributed by atoms with Gasteiger partial charge in [0.15, 0.2) is 5.96 Å². The summed E-state index contributed by atoms with van der Waals surface area (Å²) in [5.74, 6) is 1.96. The van der Waals surface area contributed by atoms with Crippen LogP contribution in [0.1, 0.15) is 44.6 Å². The van der Waals surface area contributed by atoms with Gasteiger partial charge in [-0.2, -0.15) is 0 Å². The molecule has 5 heteroatoms. The van der Waals surface area contributed by atoms with E-state index < -0.39 is 0 Å². The molecule has 2 N–H and O–H groups in total. The third-order valence-electron chi connectivity index (χ3n) is 4.00. The van der Waals surface area contributed by atoms with Crippen LogP contribution in [0.2, 0.25) is 0 Å². The number of rotatable bonds is 7. The highest BCUT2D eigenvalue weighted by Crippen LogP contribution is 2.17. The van der Waals surface area contributed by atoms with Crippen LogP contribution in [0.25, 0.3) is 0 Å².